The molecule has 6 aliphatic rings. The van der Waals surface area contributed by atoms with Crippen molar-refractivity contribution in [3.05, 3.63) is 0 Å². The van der Waals surface area contributed by atoms with Gasteiger partial charge in [0.25, 0.3) is 0 Å². The van der Waals surface area contributed by atoms with Crippen molar-refractivity contribution in [2.75, 3.05) is 19.6 Å². The molecule has 0 bridgehead atoms. The largest absolute Gasteiger partial charge is 0.316 e. The van der Waals surface area contributed by atoms with Gasteiger partial charge in [-0.15, -0.1) is 0 Å². The highest BCUT2D eigenvalue weighted by atomic mass is 16.1. The number of ketones is 3. The second-order valence-electron chi connectivity index (χ2n) is 9.90. The molecule has 28 heavy (non-hydrogen) atoms. The van der Waals surface area contributed by atoms with Gasteiger partial charge in [-0.05, 0) is 81.3 Å². The molecule has 5 heteroatoms. The number of hydrogen-bond acceptors (Lipinski definition) is 5. The lowest BCUT2D eigenvalue weighted by Crippen LogP contribution is -2.55. The van der Waals surface area contributed by atoms with E-state index in [-0.39, 0.29) is 0 Å². The van der Waals surface area contributed by atoms with E-state index in [2.05, 4.69) is 10.6 Å². The second-order valence-corrected chi connectivity index (χ2v) is 9.90. The molecule has 156 valence electrons. The van der Waals surface area contributed by atoms with Gasteiger partial charge >= 0.3 is 0 Å². The highest BCUT2D eigenvalue weighted by Crippen LogP contribution is 2.43. The van der Waals surface area contributed by atoms with Crippen LogP contribution in [0.1, 0.15) is 70.6 Å². The lowest BCUT2D eigenvalue weighted by Gasteiger charge is -2.40. The minimum absolute atomic E-state index is 0.448. The zero-order valence-electron chi connectivity index (χ0n) is 17.1. The molecule has 0 aromatic heterocycles. The summed E-state index contributed by atoms with van der Waals surface area (Å²) in [6, 6.07) is 0.561. The summed E-state index contributed by atoms with van der Waals surface area (Å²) in [5.74, 6) is 5.45. The maximum absolute atomic E-state index is 11.0. The molecular weight excluding hydrogens is 352 g/mol. The fourth-order valence-electron chi connectivity index (χ4n) is 5.87. The Kier molecular flexibility index (Phi) is 6.62. The zero-order chi connectivity index (χ0) is 19.5. The van der Waals surface area contributed by atoms with E-state index in [0.29, 0.717) is 29.3 Å². The van der Waals surface area contributed by atoms with Crippen molar-refractivity contribution in [1.29, 1.82) is 0 Å². The number of fused-ring (bicyclic) bond motifs is 3. The predicted octanol–water partition coefficient (Wildman–Crippen LogP) is 2.67. The number of carbonyl (C=O) groups is 3. The van der Waals surface area contributed by atoms with Crippen LogP contribution in [0.2, 0.25) is 0 Å². The van der Waals surface area contributed by atoms with Gasteiger partial charge in [0, 0.05) is 44.6 Å². The van der Waals surface area contributed by atoms with E-state index in [1.54, 1.807) is 0 Å². The van der Waals surface area contributed by atoms with Gasteiger partial charge < -0.3 is 10.6 Å². The summed E-state index contributed by atoms with van der Waals surface area (Å²) in [5.41, 5.74) is 0. The first-order valence-corrected chi connectivity index (χ1v) is 11.6. The first-order valence-electron chi connectivity index (χ1n) is 11.6. The van der Waals surface area contributed by atoms with E-state index >= 15 is 0 Å². The molecule has 2 heterocycles. The van der Waals surface area contributed by atoms with Crippen LogP contribution in [0.15, 0.2) is 0 Å². The summed E-state index contributed by atoms with van der Waals surface area (Å²) < 4.78 is 0. The van der Waals surface area contributed by atoms with Crippen LogP contribution in [0, 0.1) is 29.6 Å². The summed E-state index contributed by atoms with van der Waals surface area (Å²) in [4.78, 5) is 32.6. The summed E-state index contributed by atoms with van der Waals surface area (Å²) in [5, 5.41) is 6.58. The molecule has 6 fully saturated rings. The Morgan fingerprint density at radius 2 is 1.21 bits per heavy atom. The Labute approximate surface area is 168 Å². The molecule has 4 saturated carbocycles. The van der Waals surface area contributed by atoms with Gasteiger partial charge in [0.15, 0.2) is 0 Å². The van der Waals surface area contributed by atoms with Crippen molar-refractivity contribution in [3.63, 3.8) is 0 Å². The third-order valence-corrected chi connectivity index (χ3v) is 8.06. The molecule has 6 atom stereocenters. The maximum Gasteiger partial charge on any atom is 0.134 e. The van der Waals surface area contributed by atoms with Crippen molar-refractivity contribution in [3.8, 4) is 0 Å². The summed E-state index contributed by atoms with van der Waals surface area (Å²) in [7, 11) is 0. The fourth-order valence-corrected chi connectivity index (χ4v) is 5.87. The number of piperidine rings is 1. The SMILES string of the molecule is O=C1CC2CCNCC2C1.O=C1CCC2CCC2C1.O=C1CCC2CNC2C1. The molecule has 6 unspecified atom stereocenters. The Morgan fingerprint density at radius 1 is 0.571 bits per heavy atom. The number of rotatable bonds is 0. The molecule has 0 radical (unpaired) electrons. The minimum Gasteiger partial charge on any atom is -0.316 e. The third-order valence-electron chi connectivity index (χ3n) is 8.06. The van der Waals surface area contributed by atoms with Gasteiger partial charge in [0.2, 0.25) is 0 Å². The van der Waals surface area contributed by atoms with E-state index in [1.807, 2.05) is 0 Å². The van der Waals surface area contributed by atoms with Gasteiger partial charge in [-0.25, -0.2) is 0 Å². The first-order chi connectivity index (χ1) is 13.6. The van der Waals surface area contributed by atoms with E-state index in [4.69, 9.17) is 0 Å². The molecule has 0 amide bonds. The van der Waals surface area contributed by atoms with Gasteiger partial charge in [0.1, 0.15) is 17.3 Å². The van der Waals surface area contributed by atoms with Crippen LogP contribution in [0.25, 0.3) is 0 Å². The number of nitrogens with one attached hydrogen (secondary N) is 2. The van der Waals surface area contributed by atoms with E-state index in [9.17, 15) is 14.4 Å². The van der Waals surface area contributed by atoms with Crippen LogP contribution in [0.5, 0.6) is 0 Å². The van der Waals surface area contributed by atoms with Crippen LogP contribution < -0.4 is 10.6 Å². The van der Waals surface area contributed by atoms with E-state index in [0.717, 1.165) is 88.3 Å². The average molecular weight is 389 g/mol. The third kappa shape index (κ3) is 4.91. The Morgan fingerprint density at radius 3 is 1.75 bits per heavy atom. The average Bonchev–Trinajstić information content (AvgIpc) is 3.02. The van der Waals surface area contributed by atoms with E-state index < -0.39 is 0 Å². The predicted molar refractivity (Wildman–Crippen MR) is 108 cm³/mol. The van der Waals surface area contributed by atoms with Gasteiger partial charge in [-0.3, -0.25) is 14.4 Å². The van der Waals surface area contributed by atoms with Crippen LogP contribution in [0.3, 0.4) is 0 Å². The smallest absolute Gasteiger partial charge is 0.134 e. The van der Waals surface area contributed by atoms with Crippen LogP contribution in [-0.2, 0) is 14.4 Å². The molecule has 2 N–H and O–H groups in total. The van der Waals surface area contributed by atoms with Crippen LogP contribution >= 0.6 is 0 Å². The molecule has 2 aliphatic heterocycles. The molecule has 0 aromatic rings. The number of carbonyl (C=O) groups excluding carboxylic acids is 3. The summed E-state index contributed by atoms with van der Waals surface area (Å²) in [6.45, 7) is 3.35. The van der Waals surface area contributed by atoms with Crippen molar-refractivity contribution < 1.29 is 14.4 Å². The lowest BCUT2D eigenvalue weighted by atomic mass is 9.65. The minimum atomic E-state index is 0.448. The number of hydrogen-bond donors (Lipinski definition) is 2. The maximum atomic E-state index is 11.0. The molecule has 5 nitrogen and oxygen atoms in total. The van der Waals surface area contributed by atoms with E-state index in [1.165, 1.54) is 25.7 Å². The van der Waals surface area contributed by atoms with Crippen molar-refractivity contribution in [1.82, 2.24) is 10.6 Å². The molecular formula is C23H36N2O3. The van der Waals surface area contributed by atoms with Crippen molar-refractivity contribution in [2.45, 2.75) is 76.7 Å². The molecule has 0 aromatic carbocycles. The topological polar surface area (TPSA) is 75.3 Å². The Balaban J connectivity index is 0.000000103. The van der Waals surface area contributed by atoms with Crippen LogP contribution in [-0.4, -0.2) is 43.0 Å². The van der Waals surface area contributed by atoms with Gasteiger partial charge in [0.05, 0.1) is 0 Å². The number of Topliss-reactive ketones (excluding diaryl/α,β-unsaturated/α-hetero) is 3. The van der Waals surface area contributed by atoms with Gasteiger partial charge in [-0.1, -0.05) is 0 Å². The molecule has 4 aliphatic carbocycles. The molecule has 6 rings (SSSR count). The highest BCUT2D eigenvalue weighted by Gasteiger charge is 2.36. The summed E-state index contributed by atoms with van der Waals surface area (Å²) >= 11 is 0. The quantitative estimate of drug-likeness (QED) is 0.667. The summed E-state index contributed by atoms with van der Waals surface area (Å²) in [6.07, 6.45) is 11.4. The Bertz CT molecular complexity index is 555. The molecule has 0 spiro atoms. The van der Waals surface area contributed by atoms with Crippen molar-refractivity contribution in [2.24, 2.45) is 29.6 Å². The van der Waals surface area contributed by atoms with Gasteiger partial charge in [-0.2, -0.15) is 0 Å². The lowest BCUT2D eigenvalue weighted by molar-refractivity contribution is -0.125. The Hall–Kier alpha value is -1.07. The van der Waals surface area contributed by atoms with Crippen molar-refractivity contribution >= 4 is 17.3 Å². The fraction of sp³-hybridized carbons (Fsp3) is 0.870. The standard InChI is InChI=1S/C8H13NO.C8H12O.C7H11NO/c10-8-3-6-1-2-9-5-7(6)4-8;9-8-4-3-6-1-2-7(6)5-8;9-6-2-1-5-4-8-7(5)3-6/h6-7,9H,1-5H2;6-7H,1-5H2;5,7-8H,1-4H2. The first kappa shape index (κ1) is 20.2. The van der Waals surface area contributed by atoms with Crippen LogP contribution in [0.4, 0.5) is 0 Å². The second kappa shape index (κ2) is 9.17. The normalized spacial score (nSPS) is 40.9. The molecule has 2 saturated heterocycles. The zero-order valence-corrected chi connectivity index (χ0v) is 17.1. The highest BCUT2D eigenvalue weighted by molar-refractivity contribution is 5.81. The monoisotopic (exact) mass is 388 g/mol.